The van der Waals surface area contributed by atoms with E-state index in [0.29, 0.717) is 17.5 Å². The molecule has 0 bridgehead atoms. The smallest absolute Gasteiger partial charge is 0.164 e. The van der Waals surface area contributed by atoms with Gasteiger partial charge in [-0.3, -0.25) is 0 Å². The Morgan fingerprint density at radius 3 is 1.47 bits per heavy atom. The average molecular weight is 618 g/mol. The second-order valence-electron chi connectivity index (χ2n) is 11.7. The highest BCUT2D eigenvalue weighted by molar-refractivity contribution is 7.26. The van der Waals surface area contributed by atoms with Gasteiger partial charge in [-0.05, 0) is 63.4 Å². The molecule has 0 unspecified atom stereocenters. The molecule has 220 valence electrons. The second kappa shape index (κ2) is 11.4. The van der Waals surface area contributed by atoms with E-state index in [1.54, 1.807) is 0 Å². The van der Waals surface area contributed by atoms with Crippen LogP contribution in [0.2, 0.25) is 0 Å². The summed E-state index contributed by atoms with van der Waals surface area (Å²) in [7, 11) is 0. The number of thiophene rings is 1. The lowest BCUT2D eigenvalue weighted by Gasteiger charge is -2.10. The van der Waals surface area contributed by atoms with Crippen LogP contribution in [0.25, 0.3) is 87.4 Å². The van der Waals surface area contributed by atoms with E-state index in [1.165, 1.54) is 42.1 Å². The molecule has 0 saturated heterocycles. The Hall–Kier alpha value is -5.97. The molecule has 0 atom stereocenters. The summed E-state index contributed by atoms with van der Waals surface area (Å²) < 4.78 is 2.64. The largest absolute Gasteiger partial charge is 0.208 e. The van der Waals surface area contributed by atoms with Crippen LogP contribution in [-0.4, -0.2) is 15.0 Å². The van der Waals surface area contributed by atoms with Gasteiger partial charge in [0.15, 0.2) is 17.5 Å². The molecule has 4 heteroatoms. The Labute approximate surface area is 276 Å². The van der Waals surface area contributed by atoms with Gasteiger partial charge in [0.25, 0.3) is 0 Å². The summed E-state index contributed by atoms with van der Waals surface area (Å²) in [6.45, 7) is 0. The Kier molecular flexibility index (Phi) is 6.65. The molecule has 0 saturated carbocycles. The van der Waals surface area contributed by atoms with Gasteiger partial charge in [-0.2, -0.15) is 0 Å². The van der Waals surface area contributed by atoms with Crippen molar-refractivity contribution in [2.24, 2.45) is 0 Å². The van der Waals surface area contributed by atoms with Crippen molar-refractivity contribution in [1.29, 1.82) is 0 Å². The third kappa shape index (κ3) is 5.05. The van der Waals surface area contributed by atoms with E-state index in [1.807, 2.05) is 72.0 Å². The van der Waals surface area contributed by atoms with E-state index in [-0.39, 0.29) is 0 Å². The zero-order chi connectivity index (χ0) is 31.2. The van der Waals surface area contributed by atoms with Crippen LogP contribution in [0, 0.1) is 0 Å². The zero-order valence-electron chi connectivity index (χ0n) is 25.3. The summed E-state index contributed by atoms with van der Waals surface area (Å²) in [5.74, 6) is 1.97. The molecule has 3 nitrogen and oxygen atoms in total. The molecule has 0 aliphatic carbocycles. The van der Waals surface area contributed by atoms with Gasteiger partial charge in [0.1, 0.15) is 0 Å². The fourth-order valence-electron chi connectivity index (χ4n) is 6.38. The Bertz CT molecular complexity index is 2510. The molecule has 0 amide bonds. The lowest BCUT2D eigenvalue weighted by atomic mass is 9.96. The lowest BCUT2D eigenvalue weighted by Crippen LogP contribution is -2.00. The number of rotatable bonds is 5. The molecule has 0 aliphatic heterocycles. The minimum Gasteiger partial charge on any atom is -0.208 e. The quantitative estimate of drug-likeness (QED) is 0.193. The number of nitrogens with zero attached hydrogens (tertiary/aromatic N) is 3. The summed E-state index contributed by atoms with van der Waals surface area (Å²) in [5.41, 5.74) is 7.52. The predicted molar refractivity (Wildman–Crippen MR) is 197 cm³/mol. The highest BCUT2D eigenvalue weighted by atomic mass is 32.1. The van der Waals surface area contributed by atoms with Crippen LogP contribution in [0.5, 0.6) is 0 Å². The van der Waals surface area contributed by atoms with E-state index < -0.39 is 0 Å². The summed E-state index contributed by atoms with van der Waals surface area (Å²) in [6.07, 6.45) is 0. The van der Waals surface area contributed by atoms with Crippen LogP contribution in [0.3, 0.4) is 0 Å². The van der Waals surface area contributed by atoms with E-state index in [9.17, 15) is 0 Å². The first kappa shape index (κ1) is 27.3. The molecular formula is C43H27N3S. The van der Waals surface area contributed by atoms with Crippen molar-refractivity contribution in [2.75, 3.05) is 0 Å². The molecule has 0 N–H and O–H groups in total. The SMILES string of the molecule is c1ccc(-c2nc(-c3ccccc3)nc(-c3cccc(-c4cccc(-c5ccc6sc7ccc8ccccc8c7c6c5)c4)c3)n2)cc1. The van der Waals surface area contributed by atoms with Crippen LogP contribution < -0.4 is 0 Å². The van der Waals surface area contributed by atoms with Gasteiger partial charge in [0.05, 0.1) is 0 Å². The standard InChI is InChI=1S/C43H27N3S/c1-3-12-29(13-4-1)41-44-42(30-14-5-2-6-15-30)46-43(45-41)35-19-10-18-33(26-35)31-16-9-17-32(25-31)34-22-23-38-37(27-34)40-36-20-8-7-11-28(36)21-24-39(40)47-38/h1-27H. The topological polar surface area (TPSA) is 38.7 Å². The second-order valence-corrected chi connectivity index (χ2v) is 12.8. The normalized spacial score (nSPS) is 11.4. The first-order chi connectivity index (χ1) is 23.3. The molecular weight excluding hydrogens is 591 g/mol. The molecule has 9 rings (SSSR count). The van der Waals surface area contributed by atoms with Crippen molar-refractivity contribution in [3.8, 4) is 56.4 Å². The van der Waals surface area contributed by atoms with Gasteiger partial charge in [-0.25, -0.2) is 15.0 Å². The molecule has 0 fully saturated rings. The fraction of sp³-hybridized carbons (Fsp3) is 0. The number of fused-ring (bicyclic) bond motifs is 5. The van der Waals surface area contributed by atoms with Crippen molar-refractivity contribution in [3.63, 3.8) is 0 Å². The Morgan fingerprint density at radius 2 is 0.809 bits per heavy atom. The van der Waals surface area contributed by atoms with Crippen LogP contribution in [0.1, 0.15) is 0 Å². The summed E-state index contributed by atoms with van der Waals surface area (Å²) in [6, 6.07) is 57.5. The van der Waals surface area contributed by atoms with Gasteiger partial charge in [0, 0.05) is 36.9 Å². The molecule has 0 radical (unpaired) electrons. The number of hydrogen-bond donors (Lipinski definition) is 0. The lowest BCUT2D eigenvalue weighted by molar-refractivity contribution is 1.07. The summed E-state index contributed by atoms with van der Waals surface area (Å²) >= 11 is 1.86. The van der Waals surface area contributed by atoms with Crippen molar-refractivity contribution in [2.45, 2.75) is 0 Å². The Morgan fingerprint density at radius 1 is 0.319 bits per heavy atom. The number of benzene rings is 7. The maximum absolute atomic E-state index is 4.95. The minimum atomic E-state index is 0.651. The summed E-state index contributed by atoms with van der Waals surface area (Å²) in [5, 5.41) is 5.24. The third-order valence-electron chi connectivity index (χ3n) is 8.71. The average Bonchev–Trinajstić information content (AvgIpc) is 3.54. The van der Waals surface area contributed by atoms with Gasteiger partial charge in [-0.15, -0.1) is 11.3 Å². The van der Waals surface area contributed by atoms with E-state index in [2.05, 4.69) is 103 Å². The van der Waals surface area contributed by atoms with Crippen molar-refractivity contribution >= 4 is 42.3 Å². The van der Waals surface area contributed by atoms with Crippen LogP contribution in [-0.2, 0) is 0 Å². The summed E-state index contributed by atoms with van der Waals surface area (Å²) in [4.78, 5) is 14.8. The maximum Gasteiger partial charge on any atom is 0.164 e. The van der Waals surface area contributed by atoms with Crippen molar-refractivity contribution in [1.82, 2.24) is 15.0 Å². The van der Waals surface area contributed by atoms with Gasteiger partial charge >= 0.3 is 0 Å². The Balaban J connectivity index is 1.13. The zero-order valence-corrected chi connectivity index (χ0v) is 26.2. The van der Waals surface area contributed by atoms with Crippen LogP contribution in [0.15, 0.2) is 164 Å². The molecule has 2 heterocycles. The predicted octanol–water partition coefficient (Wildman–Crippen LogP) is 11.7. The van der Waals surface area contributed by atoms with E-state index in [4.69, 9.17) is 15.0 Å². The first-order valence-corrected chi connectivity index (χ1v) is 16.5. The number of hydrogen-bond acceptors (Lipinski definition) is 4. The van der Waals surface area contributed by atoms with Gasteiger partial charge < -0.3 is 0 Å². The number of aromatic nitrogens is 3. The van der Waals surface area contributed by atoms with Gasteiger partial charge in [-0.1, -0.05) is 133 Å². The van der Waals surface area contributed by atoms with E-state index >= 15 is 0 Å². The highest BCUT2D eigenvalue weighted by Gasteiger charge is 2.14. The van der Waals surface area contributed by atoms with Crippen molar-refractivity contribution in [3.05, 3.63) is 164 Å². The molecule has 0 aliphatic rings. The van der Waals surface area contributed by atoms with Crippen LogP contribution >= 0.6 is 11.3 Å². The molecule has 7 aromatic carbocycles. The first-order valence-electron chi connectivity index (χ1n) is 15.7. The maximum atomic E-state index is 4.95. The molecule has 9 aromatic rings. The van der Waals surface area contributed by atoms with Crippen LogP contribution in [0.4, 0.5) is 0 Å². The minimum absolute atomic E-state index is 0.651. The fourth-order valence-corrected chi connectivity index (χ4v) is 7.48. The monoisotopic (exact) mass is 617 g/mol. The molecule has 2 aromatic heterocycles. The van der Waals surface area contributed by atoms with E-state index in [0.717, 1.165) is 27.8 Å². The molecule has 0 spiro atoms. The highest BCUT2D eigenvalue weighted by Crippen LogP contribution is 2.40. The van der Waals surface area contributed by atoms with Crippen molar-refractivity contribution < 1.29 is 0 Å². The molecule has 47 heavy (non-hydrogen) atoms. The van der Waals surface area contributed by atoms with Gasteiger partial charge in [0.2, 0.25) is 0 Å². The third-order valence-corrected chi connectivity index (χ3v) is 9.85.